The van der Waals surface area contributed by atoms with Gasteiger partial charge in [0.15, 0.2) is 0 Å². The second-order valence-electron chi connectivity index (χ2n) is 5.11. The Balaban J connectivity index is 2.20. The summed E-state index contributed by atoms with van der Waals surface area (Å²) < 4.78 is 0. The third-order valence-corrected chi connectivity index (χ3v) is 3.36. The summed E-state index contributed by atoms with van der Waals surface area (Å²) >= 11 is 0. The van der Waals surface area contributed by atoms with Gasteiger partial charge in [0, 0.05) is 38.6 Å². The van der Waals surface area contributed by atoms with Crippen LogP contribution in [0.15, 0.2) is 0 Å². The Labute approximate surface area is 105 Å². The van der Waals surface area contributed by atoms with Crippen LogP contribution < -0.4 is 0 Å². The molecular weight excluding hydrogens is 214 g/mol. The zero-order valence-corrected chi connectivity index (χ0v) is 11.1. The Morgan fingerprint density at radius 1 is 1.41 bits per heavy atom. The molecule has 1 fully saturated rings. The lowest BCUT2D eigenvalue weighted by atomic mass is 10.1. The van der Waals surface area contributed by atoms with Crippen LogP contribution in [-0.4, -0.2) is 59.8 Å². The zero-order chi connectivity index (χ0) is 12.7. The smallest absolute Gasteiger partial charge is 0.0639 e. The van der Waals surface area contributed by atoms with E-state index in [0.29, 0.717) is 12.5 Å². The van der Waals surface area contributed by atoms with Gasteiger partial charge in [-0.15, -0.1) is 0 Å². The van der Waals surface area contributed by atoms with Gasteiger partial charge in [-0.25, -0.2) is 0 Å². The topological polar surface area (TPSA) is 50.5 Å². The molecule has 0 saturated carbocycles. The molecule has 98 valence electrons. The van der Waals surface area contributed by atoms with E-state index in [4.69, 9.17) is 5.26 Å². The summed E-state index contributed by atoms with van der Waals surface area (Å²) in [6.07, 6.45) is 2.58. The molecule has 1 saturated heterocycles. The first-order valence-electron chi connectivity index (χ1n) is 6.65. The van der Waals surface area contributed by atoms with E-state index in [-0.39, 0.29) is 6.10 Å². The normalized spacial score (nSPS) is 24.5. The predicted octanol–water partition coefficient (Wildman–Crippen LogP) is 1.07. The number of nitriles is 1. The molecule has 0 radical (unpaired) electrons. The van der Waals surface area contributed by atoms with Gasteiger partial charge in [-0.1, -0.05) is 0 Å². The number of rotatable bonds is 6. The van der Waals surface area contributed by atoms with Gasteiger partial charge in [0.1, 0.15) is 0 Å². The second kappa shape index (κ2) is 7.65. The third kappa shape index (κ3) is 5.49. The van der Waals surface area contributed by atoms with Crippen molar-refractivity contribution >= 4 is 0 Å². The first-order chi connectivity index (χ1) is 8.13. The number of hydrogen-bond donors (Lipinski definition) is 1. The molecule has 4 nitrogen and oxygen atoms in total. The van der Waals surface area contributed by atoms with Gasteiger partial charge in [0.25, 0.3) is 0 Å². The summed E-state index contributed by atoms with van der Waals surface area (Å²) in [4.78, 5) is 4.83. The van der Waals surface area contributed by atoms with Crippen LogP contribution in [0.5, 0.6) is 0 Å². The van der Waals surface area contributed by atoms with Crippen molar-refractivity contribution in [3.8, 4) is 6.07 Å². The molecule has 1 heterocycles. The molecule has 0 aromatic rings. The Morgan fingerprint density at radius 3 is 2.76 bits per heavy atom. The average molecular weight is 239 g/mol. The largest absolute Gasteiger partial charge is 0.392 e. The van der Waals surface area contributed by atoms with Crippen molar-refractivity contribution < 1.29 is 5.11 Å². The van der Waals surface area contributed by atoms with Crippen LogP contribution in [0.2, 0.25) is 0 Å². The van der Waals surface area contributed by atoms with E-state index in [1.165, 1.54) is 0 Å². The van der Waals surface area contributed by atoms with E-state index in [0.717, 1.165) is 45.6 Å². The predicted molar refractivity (Wildman–Crippen MR) is 68.6 cm³/mol. The number of nitrogens with zero attached hydrogens (tertiary/aromatic N) is 3. The fraction of sp³-hybridized carbons (Fsp3) is 0.923. The Bertz CT molecular complexity index is 250. The molecule has 0 aromatic carbocycles. The molecule has 0 aromatic heterocycles. The molecule has 4 heteroatoms. The van der Waals surface area contributed by atoms with E-state index in [2.05, 4.69) is 22.8 Å². The van der Waals surface area contributed by atoms with Crippen molar-refractivity contribution in [1.29, 1.82) is 5.26 Å². The van der Waals surface area contributed by atoms with Gasteiger partial charge < -0.3 is 10.0 Å². The van der Waals surface area contributed by atoms with Crippen molar-refractivity contribution in [2.45, 2.75) is 45.3 Å². The number of hydrogen-bond acceptors (Lipinski definition) is 4. The molecule has 0 amide bonds. The van der Waals surface area contributed by atoms with Gasteiger partial charge in [-0.3, -0.25) is 4.90 Å². The van der Waals surface area contributed by atoms with Crippen molar-refractivity contribution in [1.82, 2.24) is 9.80 Å². The Morgan fingerprint density at radius 2 is 2.18 bits per heavy atom. The fourth-order valence-corrected chi connectivity index (χ4v) is 2.42. The first-order valence-corrected chi connectivity index (χ1v) is 6.65. The highest BCUT2D eigenvalue weighted by atomic mass is 16.3. The highest BCUT2D eigenvalue weighted by Gasteiger charge is 2.23. The maximum Gasteiger partial charge on any atom is 0.0639 e. The number of β-amino-alcohol motifs (C(OH)–C–C–N with tert-alkyl or cyclic N) is 1. The quantitative estimate of drug-likeness (QED) is 0.704. The summed E-state index contributed by atoms with van der Waals surface area (Å²) in [5.74, 6) is 0. The number of aliphatic hydroxyl groups is 1. The summed E-state index contributed by atoms with van der Waals surface area (Å²) in [6.45, 7) is 9.18. The number of unbranched alkanes of at least 4 members (excludes halogenated alkanes) is 2. The van der Waals surface area contributed by atoms with Crippen LogP contribution >= 0.6 is 0 Å². The molecule has 0 unspecified atom stereocenters. The maximum atomic E-state index is 9.40. The molecule has 1 rings (SSSR count). The first kappa shape index (κ1) is 14.4. The molecule has 1 aliphatic rings. The van der Waals surface area contributed by atoms with E-state index in [1.807, 2.05) is 6.92 Å². The highest BCUT2D eigenvalue weighted by Crippen LogP contribution is 2.11. The van der Waals surface area contributed by atoms with Gasteiger partial charge in [-0.2, -0.15) is 5.26 Å². The average Bonchev–Trinajstić information content (AvgIpc) is 2.27. The van der Waals surface area contributed by atoms with Gasteiger partial charge >= 0.3 is 0 Å². The van der Waals surface area contributed by atoms with Crippen LogP contribution in [-0.2, 0) is 0 Å². The van der Waals surface area contributed by atoms with E-state index in [1.54, 1.807) is 0 Å². The molecule has 1 aliphatic heterocycles. The lowest BCUT2D eigenvalue weighted by Crippen LogP contribution is -2.53. The summed E-state index contributed by atoms with van der Waals surface area (Å²) in [6, 6.07) is 2.71. The zero-order valence-electron chi connectivity index (χ0n) is 11.1. The summed E-state index contributed by atoms with van der Waals surface area (Å²) in [5.41, 5.74) is 0. The monoisotopic (exact) mass is 239 g/mol. The van der Waals surface area contributed by atoms with Crippen LogP contribution in [0.4, 0.5) is 0 Å². The minimum atomic E-state index is -0.236. The van der Waals surface area contributed by atoms with Crippen molar-refractivity contribution in [3.63, 3.8) is 0 Å². The van der Waals surface area contributed by atoms with Crippen molar-refractivity contribution in [2.24, 2.45) is 0 Å². The SMILES string of the molecule is C[C@@H](O)CN1CCN(CCCCC#N)C[C@@H]1C. The van der Waals surface area contributed by atoms with E-state index in [9.17, 15) is 5.11 Å². The van der Waals surface area contributed by atoms with Crippen LogP contribution in [0.1, 0.15) is 33.1 Å². The summed E-state index contributed by atoms with van der Waals surface area (Å²) in [7, 11) is 0. The van der Waals surface area contributed by atoms with Crippen LogP contribution in [0.25, 0.3) is 0 Å². The van der Waals surface area contributed by atoms with Crippen LogP contribution in [0.3, 0.4) is 0 Å². The fourth-order valence-electron chi connectivity index (χ4n) is 2.42. The lowest BCUT2D eigenvalue weighted by molar-refractivity contribution is 0.0447. The molecule has 0 spiro atoms. The molecule has 1 N–H and O–H groups in total. The van der Waals surface area contributed by atoms with E-state index < -0.39 is 0 Å². The van der Waals surface area contributed by atoms with Gasteiger partial charge in [0.2, 0.25) is 0 Å². The molecular formula is C13H25N3O. The molecule has 2 atom stereocenters. The highest BCUT2D eigenvalue weighted by molar-refractivity contribution is 4.80. The number of piperazine rings is 1. The molecule has 0 aliphatic carbocycles. The lowest BCUT2D eigenvalue weighted by Gasteiger charge is -2.40. The maximum absolute atomic E-state index is 9.40. The minimum absolute atomic E-state index is 0.236. The van der Waals surface area contributed by atoms with Crippen molar-refractivity contribution in [2.75, 3.05) is 32.7 Å². The van der Waals surface area contributed by atoms with E-state index >= 15 is 0 Å². The molecule has 0 bridgehead atoms. The third-order valence-electron chi connectivity index (χ3n) is 3.36. The summed E-state index contributed by atoms with van der Waals surface area (Å²) in [5, 5.41) is 17.9. The van der Waals surface area contributed by atoms with Crippen LogP contribution in [0, 0.1) is 11.3 Å². The number of aliphatic hydroxyl groups excluding tert-OH is 1. The molecule has 17 heavy (non-hydrogen) atoms. The van der Waals surface area contributed by atoms with Gasteiger partial charge in [0.05, 0.1) is 12.2 Å². The minimum Gasteiger partial charge on any atom is -0.392 e. The van der Waals surface area contributed by atoms with Crippen molar-refractivity contribution in [3.05, 3.63) is 0 Å². The Kier molecular flexibility index (Phi) is 6.49. The second-order valence-corrected chi connectivity index (χ2v) is 5.11. The standard InChI is InChI=1S/C13H25N3O/c1-12-10-15(7-5-3-4-6-14)8-9-16(12)11-13(2)17/h12-13,17H,3-5,7-11H2,1-2H3/t12-,13+/m0/s1. The van der Waals surface area contributed by atoms with Gasteiger partial charge in [-0.05, 0) is 33.2 Å². The Hall–Kier alpha value is -0.630.